The fourth-order valence-corrected chi connectivity index (χ4v) is 6.08. The van der Waals surface area contributed by atoms with Gasteiger partial charge < -0.3 is 15.4 Å². The summed E-state index contributed by atoms with van der Waals surface area (Å²) < 4.78 is 18.8. The second-order valence-electron chi connectivity index (χ2n) is 9.79. The zero-order valence-corrected chi connectivity index (χ0v) is 18.2. The summed E-state index contributed by atoms with van der Waals surface area (Å²) in [5, 5.41) is 5.48. The van der Waals surface area contributed by atoms with Gasteiger partial charge >= 0.3 is 5.97 Å². The van der Waals surface area contributed by atoms with Crippen molar-refractivity contribution in [1.82, 2.24) is 5.32 Å². The predicted molar refractivity (Wildman–Crippen MR) is 114 cm³/mol. The van der Waals surface area contributed by atoms with Gasteiger partial charge in [-0.1, -0.05) is 6.07 Å². The summed E-state index contributed by atoms with van der Waals surface area (Å²) >= 11 is 0. The van der Waals surface area contributed by atoms with E-state index in [-0.39, 0.29) is 24.3 Å². The molecule has 4 fully saturated rings. The molecule has 0 radical (unpaired) electrons. The fourth-order valence-electron chi connectivity index (χ4n) is 6.08. The first-order valence-corrected chi connectivity index (χ1v) is 11.3. The van der Waals surface area contributed by atoms with Gasteiger partial charge in [0.25, 0.3) is 5.91 Å². The summed E-state index contributed by atoms with van der Waals surface area (Å²) in [6, 6.07) is 4.38. The molecule has 0 saturated heterocycles. The largest absolute Gasteiger partial charge is 0.452 e. The maximum atomic E-state index is 13.6. The van der Waals surface area contributed by atoms with Crippen molar-refractivity contribution in [3.63, 3.8) is 0 Å². The van der Waals surface area contributed by atoms with Crippen molar-refractivity contribution in [2.24, 2.45) is 23.2 Å². The quantitative estimate of drug-likeness (QED) is 0.646. The number of carbonyl (C=O) groups excluding carboxylic acids is 3. The maximum absolute atomic E-state index is 13.6. The van der Waals surface area contributed by atoms with Crippen LogP contribution in [0.3, 0.4) is 0 Å². The van der Waals surface area contributed by atoms with Crippen LogP contribution in [-0.2, 0) is 19.1 Å². The number of halogens is 1. The molecule has 1 unspecified atom stereocenters. The summed E-state index contributed by atoms with van der Waals surface area (Å²) in [7, 11) is 0. The first-order valence-electron chi connectivity index (χ1n) is 11.3. The molecule has 1 atom stereocenters. The van der Waals surface area contributed by atoms with E-state index in [9.17, 15) is 18.8 Å². The Morgan fingerprint density at radius 2 is 1.74 bits per heavy atom. The highest BCUT2D eigenvalue weighted by Crippen LogP contribution is 2.60. The smallest absolute Gasteiger partial charge is 0.308 e. The highest BCUT2D eigenvalue weighted by molar-refractivity contribution is 5.95. The zero-order valence-electron chi connectivity index (χ0n) is 18.2. The molecule has 0 aromatic heterocycles. The zero-order chi connectivity index (χ0) is 22.2. The van der Waals surface area contributed by atoms with Crippen LogP contribution in [0.1, 0.15) is 57.4 Å². The number of ether oxygens (including phenoxy) is 1. The Kier molecular flexibility index (Phi) is 6.04. The minimum atomic E-state index is -1.02. The second-order valence-corrected chi connectivity index (χ2v) is 9.79. The predicted octanol–water partition coefficient (Wildman–Crippen LogP) is 3.73. The number of anilines is 1. The molecule has 5 rings (SSSR count). The molecule has 6 nitrogen and oxygen atoms in total. The van der Waals surface area contributed by atoms with Crippen LogP contribution in [0.25, 0.3) is 0 Å². The Morgan fingerprint density at radius 3 is 2.32 bits per heavy atom. The van der Waals surface area contributed by atoms with Gasteiger partial charge in [0.15, 0.2) is 6.10 Å². The van der Waals surface area contributed by atoms with Crippen LogP contribution >= 0.6 is 0 Å². The monoisotopic (exact) mass is 430 g/mol. The van der Waals surface area contributed by atoms with Crippen molar-refractivity contribution < 1.29 is 23.5 Å². The molecule has 1 aromatic rings. The molecule has 4 aliphatic rings. The van der Waals surface area contributed by atoms with Gasteiger partial charge in [-0.15, -0.1) is 0 Å². The van der Waals surface area contributed by atoms with Gasteiger partial charge in [0.1, 0.15) is 5.82 Å². The highest BCUT2D eigenvalue weighted by atomic mass is 19.1. The van der Waals surface area contributed by atoms with Crippen LogP contribution < -0.4 is 10.6 Å². The molecule has 4 bridgehead atoms. The third-order valence-electron chi connectivity index (χ3n) is 7.25. The number of esters is 1. The van der Waals surface area contributed by atoms with E-state index in [1.807, 2.05) is 0 Å². The molecule has 0 aliphatic heterocycles. The van der Waals surface area contributed by atoms with Gasteiger partial charge in [-0.3, -0.25) is 14.4 Å². The summed E-state index contributed by atoms with van der Waals surface area (Å²) in [4.78, 5) is 37.2. The Balaban J connectivity index is 1.20. The van der Waals surface area contributed by atoms with Crippen molar-refractivity contribution in [2.75, 3.05) is 11.9 Å². The lowest BCUT2D eigenvalue weighted by atomic mass is 9.49. The SMILES string of the molecule is Cc1ccc(NC(=O)C(C)OC(=O)CCNC(=O)C23CC4CC(CC(C4)C2)C3)cc1F. The molecule has 0 spiro atoms. The number of rotatable bonds is 7. The van der Waals surface area contributed by atoms with E-state index in [1.165, 1.54) is 32.3 Å². The number of amides is 2. The van der Waals surface area contributed by atoms with Gasteiger partial charge in [0.2, 0.25) is 5.91 Å². The maximum Gasteiger partial charge on any atom is 0.308 e. The average molecular weight is 431 g/mol. The van der Waals surface area contributed by atoms with E-state index in [0.717, 1.165) is 19.3 Å². The summed E-state index contributed by atoms with van der Waals surface area (Å²) in [5.74, 6) is 0.622. The first-order chi connectivity index (χ1) is 14.7. The van der Waals surface area contributed by atoms with E-state index in [2.05, 4.69) is 10.6 Å². The first kappa shape index (κ1) is 21.8. The number of aryl methyl sites for hydroxylation is 1. The minimum Gasteiger partial charge on any atom is -0.452 e. The molecular formula is C24H31FN2O4. The Morgan fingerprint density at radius 1 is 1.13 bits per heavy atom. The van der Waals surface area contributed by atoms with Crippen molar-refractivity contribution in [3.05, 3.63) is 29.6 Å². The minimum absolute atomic E-state index is 0.00882. The summed E-state index contributed by atoms with van der Waals surface area (Å²) in [6.45, 7) is 3.30. The number of benzene rings is 1. The normalized spacial score (nSPS) is 29.3. The van der Waals surface area contributed by atoms with E-state index in [1.54, 1.807) is 19.1 Å². The standard InChI is InChI=1S/C24H31FN2O4/c1-14-3-4-19(10-20(14)25)27-22(29)15(2)31-21(28)5-6-26-23(30)24-11-16-7-17(12-24)9-18(8-16)13-24/h3-4,10,15-18H,5-9,11-13H2,1-2H3,(H,26,30)(H,27,29). The number of hydrogen-bond donors (Lipinski definition) is 2. The number of carbonyl (C=O) groups is 3. The van der Waals surface area contributed by atoms with Crippen molar-refractivity contribution >= 4 is 23.5 Å². The van der Waals surface area contributed by atoms with E-state index in [4.69, 9.17) is 4.74 Å². The molecule has 1 aromatic carbocycles. The lowest BCUT2D eigenvalue weighted by Crippen LogP contribution is -2.53. The van der Waals surface area contributed by atoms with Crippen LogP contribution in [0.5, 0.6) is 0 Å². The van der Waals surface area contributed by atoms with Gasteiger partial charge in [0.05, 0.1) is 6.42 Å². The molecule has 4 aliphatic carbocycles. The van der Waals surface area contributed by atoms with Crippen LogP contribution in [0, 0.1) is 35.9 Å². The van der Waals surface area contributed by atoms with Gasteiger partial charge in [-0.25, -0.2) is 4.39 Å². The highest BCUT2D eigenvalue weighted by Gasteiger charge is 2.54. The lowest BCUT2D eigenvalue weighted by Gasteiger charge is -2.55. The Labute approximate surface area is 182 Å². The van der Waals surface area contributed by atoms with E-state index < -0.39 is 23.8 Å². The van der Waals surface area contributed by atoms with Crippen LogP contribution in [-0.4, -0.2) is 30.4 Å². The molecule has 2 amide bonds. The third-order valence-corrected chi connectivity index (χ3v) is 7.25. The second kappa shape index (κ2) is 8.60. The van der Waals surface area contributed by atoms with Crippen molar-refractivity contribution in [2.45, 2.75) is 64.9 Å². The van der Waals surface area contributed by atoms with Crippen molar-refractivity contribution in [1.29, 1.82) is 0 Å². The summed E-state index contributed by atoms with van der Waals surface area (Å²) in [5.41, 5.74) is 0.543. The molecular weight excluding hydrogens is 399 g/mol. The topological polar surface area (TPSA) is 84.5 Å². The van der Waals surface area contributed by atoms with Gasteiger partial charge in [0, 0.05) is 17.6 Å². The molecule has 2 N–H and O–H groups in total. The Bertz CT molecular complexity index is 849. The van der Waals surface area contributed by atoms with E-state index >= 15 is 0 Å². The number of hydrogen-bond acceptors (Lipinski definition) is 4. The molecule has 168 valence electrons. The lowest BCUT2D eigenvalue weighted by molar-refractivity contribution is -0.153. The Hall–Kier alpha value is -2.44. The van der Waals surface area contributed by atoms with Crippen LogP contribution in [0.15, 0.2) is 18.2 Å². The number of nitrogens with one attached hydrogen (secondary N) is 2. The van der Waals surface area contributed by atoms with Gasteiger partial charge in [-0.2, -0.15) is 0 Å². The summed E-state index contributed by atoms with van der Waals surface area (Å²) in [6.07, 6.45) is 5.74. The molecule has 7 heteroatoms. The third kappa shape index (κ3) is 4.75. The van der Waals surface area contributed by atoms with Gasteiger partial charge in [-0.05, 0) is 87.8 Å². The van der Waals surface area contributed by atoms with Crippen molar-refractivity contribution in [3.8, 4) is 0 Å². The molecule has 31 heavy (non-hydrogen) atoms. The average Bonchev–Trinajstić information content (AvgIpc) is 2.69. The molecule has 4 saturated carbocycles. The van der Waals surface area contributed by atoms with Crippen LogP contribution in [0.2, 0.25) is 0 Å². The van der Waals surface area contributed by atoms with E-state index in [0.29, 0.717) is 29.0 Å². The van der Waals surface area contributed by atoms with Crippen LogP contribution in [0.4, 0.5) is 10.1 Å². The molecule has 0 heterocycles. The fraction of sp³-hybridized carbons (Fsp3) is 0.625.